The van der Waals surface area contributed by atoms with Crippen LogP contribution in [0.5, 0.6) is 0 Å². The summed E-state index contributed by atoms with van der Waals surface area (Å²) in [6.45, 7) is 35.6. The van der Waals surface area contributed by atoms with Gasteiger partial charge in [0.15, 0.2) is 0 Å². The first-order valence-corrected chi connectivity index (χ1v) is 30.5. The van der Waals surface area contributed by atoms with Crippen LogP contribution in [-0.4, -0.2) is 40.4 Å². The second-order valence-corrected chi connectivity index (χ2v) is 42.8. The Balaban J connectivity index is 0.000000769. The Morgan fingerprint density at radius 3 is 0.871 bits per heavy atom. The molecule has 0 nitrogen and oxygen atoms in total. The van der Waals surface area contributed by atoms with E-state index in [4.69, 9.17) is 0 Å². The van der Waals surface area contributed by atoms with E-state index >= 15 is 0 Å². The maximum Gasteiger partial charge on any atom is 3.00 e. The van der Waals surface area contributed by atoms with E-state index in [0.717, 1.165) is 22.2 Å². The third-order valence-corrected chi connectivity index (χ3v) is 26.4. The van der Waals surface area contributed by atoms with E-state index in [1.165, 1.54) is 0 Å². The first-order chi connectivity index (χ1) is 13.1. The van der Waals surface area contributed by atoms with Gasteiger partial charge in [-0.05, 0) is 22.2 Å². The van der Waals surface area contributed by atoms with Crippen molar-refractivity contribution in [3.63, 3.8) is 0 Å². The molecule has 0 spiro atoms. The Morgan fingerprint density at radius 2 is 0.710 bits per heavy atom. The van der Waals surface area contributed by atoms with Gasteiger partial charge >= 0.3 is 32.7 Å². The van der Waals surface area contributed by atoms with Gasteiger partial charge in [-0.3, -0.25) is 0 Å². The van der Waals surface area contributed by atoms with E-state index in [9.17, 15) is 0 Å². The molecular formula is C25H59Si5Y+2. The fraction of sp³-hybridized carbons (Fsp3) is 0.960. The molecule has 2 aliphatic rings. The van der Waals surface area contributed by atoms with Crippen LogP contribution in [0.1, 0.15) is 38.5 Å². The molecule has 0 amide bonds. The van der Waals surface area contributed by atoms with E-state index < -0.39 is 40.4 Å². The molecule has 4 unspecified atom stereocenters. The van der Waals surface area contributed by atoms with Crippen molar-refractivity contribution in [2.45, 2.75) is 152 Å². The van der Waals surface area contributed by atoms with Gasteiger partial charge in [-0.1, -0.05) is 130 Å². The Kier molecular flexibility index (Phi) is 12.8. The summed E-state index contributed by atoms with van der Waals surface area (Å²) in [6, 6.07) is 0. The van der Waals surface area contributed by atoms with E-state index in [-0.39, 0.29) is 32.7 Å². The number of hydrogen-bond acceptors (Lipinski definition) is 0. The predicted molar refractivity (Wildman–Crippen MR) is 158 cm³/mol. The van der Waals surface area contributed by atoms with Gasteiger partial charge in [-0.2, -0.15) is 0 Å². The smallest absolute Gasteiger partial charge is 0.327 e. The summed E-state index contributed by atoms with van der Waals surface area (Å²) in [6.07, 6.45) is 9.54. The van der Waals surface area contributed by atoms with E-state index in [1.54, 1.807) is 38.5 Å². The van der Waals surface area contributed by atoms with Crippen molar-refractivity contribution in [1.29, 1.82) is 0 Å². The molecule has 0 saturated heterocycles. The molecular weight excluding hydrogens is 530 g/mol. The molecule has 2 aliphatic carbocycles. The minimum Gasteiger partial charge on any atom is -0.327 e. The average Bonchev–Trinajstić information content (AvgIpc) is 3.13. The van der Waals surface area contributed by atoms with Crippen LogP contribution in [0, 0.1) is 5.67 Å². The third kappa shape index (κ3) is 11.6. The summed E-state index contributed by atoms with van der Waals surface area (Å²) in [5, 5.41) is 0. The van der Waals surface area contributed by atoms with Gasteiger partial charge in [0.2, 0.25) is 0 Å². The molecule has 0 N–H and O–H groups in total. The predicted octanol–water partition coefficient (Wildman–Crippen LogP) is 10.2. The van der Waals surface area contributed by atoms with Crippen LogP contribution in [0.15, 0.2) is 0 Å². The van der Waals surface area contributed by atoms with Crippen molar-refractivity contribution in [2.75, 3.05) is 0 Å². The van der Waals surface area contributed by atoms with Crippen molar-refractivity contribution >= 4 is 40.4 Å². The molecule has 6 heteroatoms. The molecule has 0 bridgehead atoms. The van der Waals surface area contributed by atoms with Crippen molar-refractivity contribution in [3.8, 4) is 0 Å². The molecule has 2 fully saturated rings. The minimum atomic E-state index is -1.03. The number of rotatable bonds is 6. The minimum absolute atomic E-state index is 0. The van der Waals surface area contributed by atoms with Gasteiger partial charge in [0, 0.05) is 16.1 Å². The molecule has 0 aromatic heterocycles. The van der Waals surface area contributed by atoms with Crippen molar-refractivity contribution in [1.82, 2.24) is 0 Å². The summed E-state index contributed by atoms with van der Waals surface area (Å²) in [5.74, 6) is 0. The fourth-order valence-corrected chi connectivity index (χ4v) is 25.7. The van der Waals surface area contributed by atoms with Crippen molar-refractivity contribution in [3.05, 3.63) is 5.67 Å². The fourth-order valence-electron chi connectivity index (χ4n) is 6.52. The van der Waals surface area contributed by atoms with Crippen LogP contribution in [0.4, 0.5) is 0 Å². The van der Waals surface area contributed by atoms with Crippen LogP contribution in [0.3, 0.4) is 0 Å². The SMILES string of the molecule is C[Si](C)(C)C1CCC([Si](C)(C)C2CCC([Si](C)(C)C)C2)C1.C[Si](C)(C)[CH-][Si](C)(C)C.[Y+3]. The van der Waals surface area contributed by atoms with E-state index in [1.807, 2.05) is 0 Å². The van der Waals surface area contributed by atoms with Crippen molar-refractivity contribution in [2.24, 2.45) is 0 Å². The molecule has 0 radical (unpaired) electrons. The molecule has 180 valence electrons. The van der Waals surface area contributed by atoms with Gasteiger partial charge < -0.3 is 5.67 Å². The molecule has 31 heavy (non-hydrogen) atoms. The van der Waals surface area contributed by atoms with Gasteiger partial charge in [-0.25, -0.2) is 0 Å². The summed E-state index contributed by atoms with van der Waals surface area (Å²) < 4.78 is 0. The summed E-state index contributed by atoms with van der Waals surface area (Å²) in [4.78, 5) is 0. The maximum absolute atomic E-state index is 2.77. The molecule has 0 aromatic carbocycles. The summed E-state index contributed by atoms with van der Waals surface area (Å²) in [7, 11) is -4.54. The van der Waals surface area contributed by atoms with Crippen molar-refractivity contribution < 1.29 is 32.7 Å². The van der Waals surface area contributed by atoms with Gasteiger partial charge in [0.25, 0.3) is 0 Å². The molecule has 0 heterocycles. The van der Waals surface area contributed by atoms with Crippen LogP contribution in [0.25, 0.3) is 0 Å². The normalized spacial score (nSPS) is 28.1. The van der Waals surface area contributed by atoms with Crippen LogP contribution < -0.4 is 0 Å². The standard InChI is InChI=1S/C18H40Si3.C7H19Si2.Y/c1-19(2,3)15-9-11-17(13-15)21(7,8)18-12-10-16(14-18)20(4,5)6;1-8(2,3)7-9(4,5)6;/h15-18H,9-14H2,1-8H3;7H,1-6H3;/q;-1;+3. The zero-order valence-electron chi connectivity index (χ0n) is 24.2. The first kappa shape index (κ1) is 33.2. The molecule has 4 atom stereocenters. The average molecular weight is 589 g/mol. The second kappa shape index (κ2) is 11.9. The zero-order valence-corrected chi connectivity index (χ0v) is 32.0. The first-order valence-electron chi connectivity index (χ1n) is 13.0. The van der Waals surface area contributed by atoms with Crippen LogP contribution >= 0.6 is 0 Å². The molecule has 2 rings (SSSR count). The zero-order chi connectivity index (χ0) is 23.8. The summed E-state index contributed by atoms with van der Waals surface area (Å²) in [5.41, 5.74) is 7.21. The third-order valence-electron chi connectivity index (χ3n) is 8.29. The van der Waals surface area contributed by atoms with Gasteiger partial charge in [0.05, 0.1) is 8.07 Å². The van der Waals surface area contributed by atoms with Crippen LogP contribution in [0.2, 0.25) is 114 Å². The Labute approximate surface area is 229 Å². The van der Waals surface area contributed by atoms with Crippen LogP contribution in [-0.2, 0) is 32.7 Å². The Hall–Kier alpha value is 2.19. The molecule has 0 aliphatic heterocycles. The Morgan fingerprint density at radius 1 is 0.452 bits per heavy atom. The molecule has 2 saturated carbocycles. The summed E-state index contributed by atoms with van der Waals surface area (Å²) >= 11 is 0. The van der Waals surface area contributed by atoms with Gasteiger partial charge in [-0.15, -0.1) is 16.1 Å². The second-order valence-electron chi connectivity index (χ2n) is 15.8. The van der Waals surface area contributed by atoms with Gasteiger partial charge in [0.1, 0.15) is 0 Å². The maximum atomic E-state index is 2.77. The topological polar surface area (TPSA) is 0 Å². The van der Waals surface area contributed by atoms with E-state index in [2.05, 4.69) is 97.3 Å². The number of hydrogen-bond donors (Lipinski definition) is 0. The molecule has 0 aromatic rings. The monoisotopic (exact) mass is 588 g/mol. The van der Waals surface area contributed by atoms with E-state index in [0.29, 0.717) is 0 Å². The Bertz CT molecular complexity index is 488. The largest absolute Gasteiger partial charge is 3.00 e. The quantitative estimate of drug-likeness (QED) is 0.214.